The maximum Gasteiger partial charge on any atom is 0.332 e. The topological polar surface area (TPSA) is 89.5 Å². The second-order valence-corrected chi connectivity index (χ2v) is 8.57. The quantitative estimate of drug-likeness (QED) is 0.176. The van der Waals surface area contributed by atoms with Gasteiger partial charge in [-0.15, -0.1) is 0 Å². The van der Waals surface area contributed by atoms with Gasteiger partial charge in [-0.2, -0.15) is 0 Å². The summed E-state index contributed by atoms with van der Waals surface area (Å²) in [6, 6.07) is 0. The van der Waals surface area contributed by atoms with Crippen LogP contribution in [-0.2, 0) is 38.0 Å². The van der Waals surface area contributed by atoms with Crippen LogP contribution in [0, 0.1) is 0 Å². The SMILES string of the molecule is CCCCCCCCCC(=O)OCCOCCOCCOCCOCC(=O)OC(C)(C)C. The molecule has 0 bridgehead atoms. The van der Waals surface area contributed by atoms with Gasteiger partial charge in [0.25, 0.3) is 0 Å². The molecule has 0 aromatic carbocycles. The third-order valence-electron chi connectivity index (χ3n) is 4.23. The first kappa shape index (κ1) is 30.8. The van der Waals surface area contributed by atoms with Crippen molar-refractivity contribution in [1.82, 2.24) is 0 Å². The van der Waals surface area contributed by atoms with Crippen LogP contribution in [0.5, 0.6) is 0 Å². The van der Waals surface area contributed by atoms with E-state index in [1.807, 2.05) is 20.8 Å². The maximum atomic E-state index is 11.6. The van der Waals surface area contributed by atoms with E-state index in [-0.39, 0.29) is 25.2 Å². The van der Waals surface area contributed by atoms with E-state index in [4.69, 9.17) is 28.4 Å². The van der Waals surface area contributed by atoms with E-state index in [1.165, 1.54) is 32.1 Å². The number of hydrogen-bond donors (Lipinski definition) is 0. The van der Waals surface area contributed by atoms with Gasteiger partial charge in [0.15, 0.2) is 0 Å². The molecule has 0 unspecified atom stereocenters. The van der Waals surface area contributed by atoms with Gasteiger partial charge in [-0.3, -0.25) is 4.79 Å². The normalized spacial score (nSPS) is 11.5. The largest absolute Gasteiger partial charge is 0.463 e. The number of carbonyl (C=O) groups excluding carboxylic acids is 2. The summed E-state index contributed by atoms with van der Waals surface area (Å²) >= 11 is 0. The van der Waals surface area contributed by atoms with Gasteiger partial charge < -0.3 is 28.4 Å². The van der Waals surface area contributed by atoms with E-state index >= 15 is 0 Å². The lowest BCUT2D eigenvalue weighted by Crippen LogP contribution is -2.27. The van der Waals surface area contributed by atoms with Crippen molar-refractivity contribution in [3.63, 3.8) is 0 Å². The molecular formula is C24H46O8. The number of hydrogen-bond acceptors (Lipinski definition) is 8. The van der Waals surface area contributed by atoms with Crippen LogP contribution in [0.3, 0.4) is 0 Å². The summed E-state index contributed by atoms with van der Waals surface area (Å²) in [5.41, 5.74) is -0.505. The first-order chi connectivity index (χ1) is 15.3. The lowest BCUT2D eigenvalue weighted by molar-refractivity contribution is -0.160. The van der Waals surface area contributed by atoms with Crippen LogP contribution in [0.15, 0.2) is 0 Å². The van der Waals surface area contributed by atoms with Gasteiger partial charge in [0.1, 0.15) is 18.8 Å². The first-order valence-electron chi connectivity index (χ1n) is 12.0. The Hall–Kier alpha value is -1.22. The number of unbranched alkanes of at least 4 members (excludes halogenated alkanes) is 6. The van der Waals surface area contributed by atoms with Crippen molar-refractivity contribution in [1.29, 1.82) is 0 Å². The molecular weight excluding hydrogens is 416 g/mol. The molecule has 0 saturated heterocycles. The van der Waals surface area contributed by atoms with Gasteiger partial charge in [0, 0.05) is 6.42 Å². The van der Waals surface area contributed by atoms with E-state index in [1.54, 1.807) is 0 Å². The monoisotopic (exact) mass is 462 g/mol. The Bertz CT molecular complexity index is 448. The molecule has 8 heteroatoms. The maximum absolute atomic E-state index is 11.6. The lowest BCUT2D eigenvalue weighted by Gasteiger charge is -2.19. The molecule has 0 heterocycles. The predicted octanol–water partition coefficient (Wildman–Crippen LogP) is 4.08. The van der Waals surface area contributed by atoms with Gasteiger partial charge in [-0.05, 0) is 27.2 Å². The van der Waals surface area contributed by atoms with Crippen molar-refractivity contribution < 1.29 is 38.0 Å². The zero-order valence-corrected chi connectivity index (χ0v) is 20.8. The molecule has 0 amide bonds. The van der Waals surface area contributed by atoms with Gasteiger partial charge >= 0.3 is 11.9 Å². The van der Waals surface area contributed by atoms with Crippen LogP contribution in [0.4, 0.5) is 0 Å². The van der Waals surface area contributed by atoms with Crippen molar-refractivity contribution in [2.45, 2.75) is 84.7 Å². The predicted molar refractivity (Wildman–Crippen MR) is 123 cm³/mol. The van der Waals surface area contributed by atoms with Crippen molar-refractivity contribution >= 4 is 11.9 Å². The Morgan fingerprint density at radius 2 is 1.06 bits per heavy atom. The van der Waals surface area contributed by atoms with Crippen molar-refractivity contribution in [2.75, 3.05) is 59.5 Å². The molecule has 32 heavy (non-hydrogen) atoms. The zero-order valence-electron chi connectivity index (χ0n) is 20.8. The average molecular weight is 463 g/mol. The molecule has 0 aromatic rings. The summed E-state index contributed by atoms with van der Waals surface area (Å²) in [6.07, 6.45) is 8.79. The molecule has 0 aromatic heterocycles. The van der Waals surface area contributed by atoms with E-state index < -0.39 is 5.60 Å². The molecule has 0 spiro atoms. The molecule has 0 rings (SSSR count). The molecule has 0 aliphatic rings. The van der Waals surface area contributed by atoms with Crippen LogP contribution in [0.25, 0.3) is 0 Å². The molecule has 0 aliphatic carbocycles. The highest BCUT2D eigenvalue weighted by atomic mass is 16.6. The molecule has 0 N–H and O–H groups in total. The van der Waals surface area contributed by atoms with Crippen LogP contribution < -0.4 is 0 Å². The van der Waals surface area contributed by atoms with E-state index in [2.05, 4.69) is 6.92 Å². The highest BCUT2D eigenvalue weighted by Crippen LogP contribution is 2.09. The van der Waals surface area contributed by atoms with Crippen LogP contribution >= 0.6 is 0 Å². The molecule has 0 radical (unpaired) electrons. The molecule has 0 aliphatic heterocycles. The van der Waals surface area contributed by atoms with Crippen molar-refractivity contribution in [2.24, 2.45) is 0 Å². The summed E-state index contributed by atoms with van der Waals surface area (Å²) in [6.45, 7) is 10.7. The molecule has 190 valence electrons. The molecule has 0 fully saturated rings. The molecule has 0 saturated carbocycles. The molecule has 0 atom stereocenters. The van der Waals surface area contributed by atoms with Gasteiger partial charge in [-0.25, -0.2) is 4.79 Å². The zero-order chi connectivity index (χ0) is 23.9. The Morgan fingerprint density at radius 3 is 1.59 bits per heavy atom. The number of carbonyl (C=O) groups is 2. The molecule has 8 nitrogen and oxygen atoms in total. The summed E-state index contributed by atoms with van der Waals surface area (Å²) in [5.74, 6) is -0.533. The summed E-state index contributed by atoms with van der Waals surface area (Å²) < 4.78 is 31.6. The standard InChI is InChI=1S/C24H46O8/c1-5-6-7-8-9-10-11-12-22(25)31-20-19-29-16-15-27-13-14-28-17-18-30-21-23(26)32-24(2,3)4/h5-21H2,1-4H3. The van der Waals surface area contributed by atoms with Crippen molar-refractivity contribution in [3.05, 3.63) is 0 Å². The van der Waals surface area contributed by atoms with E-state index in [0.29, 0.717) is 52.7 Å². The highest BCUT2D eigenvalue weighted by molar-refractivity contribution is 5.71. The first-order valence-corrected chi connectivity index (χ1v) is 12.0. The summed E-state index contributed by atoms with van der Waals surface area (Å²) in [4.78, 5) is 23.1. The third-order valence-corrected chi connectivity index (χ3v) is 4.23. The fraction of sp³-hybridized carbons (Fsp3) is 0.917. The number of rotatable bonds is 22. The van der Waals surface area contributed by atoms with Gasteiger partial charge in [-0.1, -0.05) is 45.4 Å². The Balaban J connectivity index is 3.23. The third kappa shape index (κ3) is 25.0. The summed E-state index contributed by atoms with van der Waals surface area (Å²) in [7, 11) is 0. The average Bonchev–Trinajstić information content (AvgIpc) is 2.72. The minimum absolute atomic E-state index is 0.0805. The van der Waals surface area contributed by atoms with Crippen LogP contribution in [0.2, 0.25) is 0 Å². The van der Waals surface area contributed by atoms with Crippen LogP contribution in [0.1, 0.15) is 79.1 Å². The lowest BCUT2D eigenvalue weighted by atomic mass is 10.1. The van der Waals surface area contributed by atoms with E-state index in [9.17, 15) is 9.59 Å². The fourth-order valence-corrected chi connectivity index (χ4v) is 2.70. The number of esters is 2. The van der Waals surface area contributed by atoms with Crippen LogP contribution in [-0.4, -0.2) is 77.0 Å². The summed E-state index contributed by atoms with van der Waals surface area (Å²) in [5, 5.41) is 0. The number of ether oxygens (including phenoxy) is 6. The Morgan fingerprint density at radius 1 is 0.594 bits per heavy atom. The van der Waals surface area contributed by atoms with Crippen molar-refractivity contribution in [3.8, 4) is 0 Å². The minimum Gasteiger partial charge on any atom is -0.463 e. The second kappa shape index (κ2) is 21.6. The Labute approximate surface area is 194 Å². The van der Waals surface area contributed by atoms with Gasteiger partial charge in [0.2, 0.25) is 0 Å². The smallest absolute Gasteiger partial charge is 0.332 e. The van der Waals surface area contributed by atoms with E-state index in [0.717, 1.165) is 12.8 Å². The fourth-order valence-electron chi connectivity index (χ4n) is 2.70. The highest BCUT2D eigenvalue weighted by Gasteiger charge is 2.15. The minimum atomic E-state index is -0.505. The second-order valence-electron chi connectivity index (χ2n) is 8.57. The Kier molecular flexibility index (Phi) is 20.8. The van der Waals surface area contributed by atoms with Gasteiger partial charge in [0.05, 0.1) is 46.2 Å².